The van der Waals surface area contributed by atoms with Crippen molar-refractivity contribution >= 4 is 21.8 Å². The molecule has 1 aliphatic heterocycles. The molecule has 0 radical (unpaired) electrons. The maximum Gasteiger partial charge on any atom is 0.254 e. The number of amides is 2. The zero-order valence-electron chi connectivity index (χ0n) is 19.4. The van der Waals surface area contributed by atoms with Crippen molar-refractivity contribution in [2.75, 3.05) is 26.2 Å². The SMILES string of the molecule is Cc1ccc(S(=O)(=O)NC(CC(C)C)C(=O)N2CCN(C(=O)c3ccc(F)c(F)c3)CC2)cc1. The van der Waals surface area contributed by atoms with E-state index in [0.29, 0.717) is 6.42 Å². The molecule has 7 nitrogen and oxygen atoms in total. The summed E-state index contributed by atoms with van der Waals surface area (Å²) in [7, 11) is -3.90. The van der Waals surface area contributed by atoms with Gasteiger partial charge in [-0.2, -0.15) is 4.72 Å². The van der Waals surface area contributed by atoms with Crippen molar-refractivity contribution in [2.24, 2.45) is 5.92 Å². The van der Waals surface area contributed by atoms with Gasteiger partial charge in [-0.15, -0.1) is 0 Å². The summed E-state index contributed by atoms with van der Waals surface area (Å²) in [5, 5.41) is 0. The molecule has 10 heteroatoms. The van der Waals surface area contributed by atoms with Crippen LogP contribution in [0.15, 0.2) is 47.4 Å². The van der Waals surface area contributed by atoms with Crippen LogP contribution in [-0.2, 0) is 14.8 Å². The summed E-state index contributed by atoms with van der Waals surface area (Å²) in [5.74, 6) is -2.88. The van der Waals surface area contributed by atoms with Crippen LogP contribution in [-0.4, -0.2) is 62.3 Å². The van der Waals surface area contributed by atoms with E-state index in [1.54, 1.807) is 12.1 Å². The Hall–Kier alpha value is -2.85. The maximum absolute atomic E-state index is 13.5. The number of benzene rings is 2. The third kappa shape index (κ3) is 6.18. The van der Waals surface area contributed by atoms with Gasteiger partial charge >= 0.3 is 0 Å². The van der Waals surface area contributed by atoms with E-state index in [1.165, 1.54) is 28.0 Å². The molecule has 2 aromatic carbocycles. The predicted octanol–water partition coefficient (Wildman–Crippen LogP) is 2.95. The standard InChI is InChI=1S/C24H29F2N3O4S/c1-16(2)14-22(27-34(32,33)19-7-4-17(3)5-8-19)24(31)29-12-10-28(11-13-29)23(30)18-6-9-20(25)21(26)15-18/h4-9,15-16,22,27H,10-14H2,1-3H3. The number of nitrogens with zero attached hydrogens (tertiary/aromatic N) is 2. The Labute approximate surface area is 198 Å². The van der Waals surface area contributed by atoms with Crippen LogP contribution in [0.2, 0.25) is 0 Å². The van der Waals surface area contributed by atoms with Crippen LogP contribution in [0.1, 0.15) is 36.2 Å². The highest BCUT2D eigenvalue weighted by Crippen LogP contribution is 2.17. The quantitative estimate of drug-likeness (QED) is 0.643. The second-order valence-electron chi connectivity index (χ2n) is 8.86. The van der Waals surface area contributed by atoms with Crippen molar-refractivity contribution in [2.45, 2.75) is 38.1 Å². The number of rotatable bonds is 7. The highest BCUT2D eigenvalue weighted by molar-refractivity contribution is 7.89. The van der Waals surface area contributed by atoms with Gasteiger partial charge in [0.15, 0.2) is 11.6 Å². The molecule has 0 bridgehead atoms. The molecule has 0 saturated carbocycles. The minimum atomic E-state index is -3.90. The number of carbonyl (C=O) groups excluding carboxylic acids is 2. The summed E-state index contributed by atoms with van der Waals surface area (Å²) in [6.07, 6.45) is 0.317. The molecule has 0 spiro atoms. The largest absolute Gasteiger partial charge is 0.338 e. The fourth-order valence-corrected chi connectivity index (χ4v) is 5.01. The molecule has 0 aromatic heterocycles. The van der Waals surface area contributed by atoms with E-state index in [4.69, 9.17) is 0 Å². The first-order chi connectivity index (χ1) is 16.0. The molecule has 2 aromatic rings. The molecule has 1 heterocycles. The van der Waals surface area contributed by atoms with Crippen molar-refractivity contribution < 1.29 is 26.8 Å². The van der Waals surface area contributed by atoms with Crippen LogP contribution in [0.25, 0.3) is 0 Å². The first-order valence-corrected chi connectivity index (χ1v) is 12.6. The predicted molar refractivity (Wildman–Crippen MR) is 124 cm³/mol. The van der Waals surface area contributed by atoms with Crippen molar-refractivity contribution in [3.8, 4) is 0 Å². The highest BCUT2D eigenvalue weighted by Gasteiger charge is 2.32. The third-order valence-corrected chi connectivity index (χ3v) is 7.17. The number of piperazine rings is 1. The van der Waals surface area contributed by atoms with E-state index < -0.39 is 33.6 Å². The van der Waals surface area contributed by atoms with Crippen LogP contribution < -0.4 is 4.72 Å². The Morgan fingerprint density at radius 1 is 0.941 bits per heavy atom. The van der Waals surface area contributed by atoms with Gasteiger partial charge in [0.2, 0.25) is 15.9 Å². The van der Waals surface area contributed by atoms with Gasteiger partial charge in [0.1, 0.15) is 6.04 Å². The second-order valence-corrected chi connectivity index (χ2v) is 10.6. The molecule has 3 rings (SSSR count). The van der Waals surface area contributed by atoms with E-state index in [2.05, 4.69) is 4.72 Å². The normalized spacial score (nSPS) is 15.5. The van der Waals surface area contributed by atoms with Crippen molar-refractivity contribution in [1.82, 2.24) is 14.5 Å². The lowest BCUT2D eigenvalue weighted by molar-refractivity contribution is -0.134. The first kappa shape index (κ1) is 25.8. The maximum atomic E-state index is 13.5. The Morgan fingerprint density at radius 2 is 1.53 bits per heavy atom. The van der Waals surface area contributed by atoms with E-state index in [9.17, 15) is 26.8 Å². The topological polar surface area (TPSA) is 86.8 Å². The fourth-order valence-electron chi connectivity index (χ4n) is 3.81. The molecular weight excluding hydrogens is 464 g/mol. The molecular formula is C24H29F2N3O4S. The van der Waals surface area contributed by atoms with Gasteiger partial charge in [-0.05, 0) is 49.6 Å². The summed E-state index contributed by atoms with van der Waals surface area (Å²) in [5.41, 5.74) is 0.951. The second kappa shape index (κ2) is 10.6. The van der Waals surface area contributed by atoms with Gasteiger partial charge in [-0.3, -0.25) is 9.59 Å². The molecule has 1 aliphatic rings. The minimum Gasteiger partial charge on any atom is -0.338 e. The van der Waals surface area contributed by atoms with E-state index in [1.807, 2.05) is 20.8 Å². The molecule has 1 N–H and O–H groups in total. The molecule has 34 heavy (non-hydrogen) atoms. The van der Waals surface area contributed by atoms with Crippen LogP contribution >= 0.6 is 0 Å². The lowest BCUT2D eigenvalue weighted by atomic mass is 10.0. The summed E-state index contributed by atoms with van der Waals surface area (Å²) in [6.45, 7) is 6.46. The lowest BCUT2D eigenvalue weighted by Crippen LogP contribution is -2.56. The average Bonchev–Trinajstić information content (AvgIpc) is 2.79. The molecule has 1 fully saturated rings. The lowest BCUT2D eigenvalue weighted by Gasteiger charge is -2.36. The van der Waals surface area contributed by atoms with E-state index in [0.717, 1.165) is 17.7 Å². The third-order valence-electron chi connectivity index (χ3n) is 5.68. The zero-order valence-corrected chi connectivity index (χ0v) is 20.2. The van der Waals surface area contributed by atoms with Crippen molar-refractivity contribution in [1.29, 1.82) is 0 Å². The molecule has 2 amide bonds. The highest BCUT2D eigenvalue weighted by atomic mass is 32.2. The zero-order chi connectivity index (χ0) is 25.0. The summed E-state index contributed by atoms with van der Waals surface area (Å²) in [4.78, 5) is 28.9. The molecule has 184 valence electrons. The van der Waals surface area contributed by atoms with E-state index >= 15 is 0 Å². The summed E-state index contributed by atoms with van der Waals surface area (Å²) >= 11 is 0. The summed E-state index contributed by atoms with van der Waals surface area (Å²) in [6, 6.07) is 8.41. The van der Waals surface area contributed by atoms with Crippen molar-refractivity contribution in [3.05, 3.63) is 65.2 Å². The number of hydrogen-bond donors (Lipinski definition) is 1. The number of halogens is 2. The molecule has 0 aliphatic carbocycles. The van der Waals surface area contributed by atoms with Gasteiger partial charge in [-0.25, -0.2) is 17.2 Å². The van der Waals surface area contributed by atoms with Gasteiger partial charge in [-0.1, -0.05) is 31.5 Å². The summed E-state index contributed by atoms with van der Waals surface area (Å²) < 4.78 is 55.0. The smallest absolute Gasteiger partial charge is 0.254 e. The Balaban J connectivity index is 1.68. The first-order valence-electron chi connectivity index (χ1n) is 11.1. The number of aryl methyl sites for hydroxylation is 1. The Bertz CT molecular complexity index is 1150. The van der Waals surface area contributed by atoms with Crippen molar-refractivity contribution in [3.63, 3.8) is 0 Å². The number of hydrogen-bond acceptors (Lipinski definition) is 4. The van der Waals surface area contributed by atoms with Crippen LogP contribution in [0.5, 0.6) is 0 Å². The van der Waals surface area contributed by atoms with Crippen LogP contribution in [0.4, 0.5) is 8.78 Å². The number of nitrogens with one attached hydrogen (secondary N) is 1. The monoisotopic (exact) mass is 493 g/mol. The molecule has 1 saturated heterocycles. The minimum absolute atomic E-state index is 0.0298. The van der Waals surface area contributed by atoms with Gasteiger partial charge in [0.05, 0.1) is 4.90 Å². The number of carbonyl (C=O) groups is 2. The van der Waals surface area contributed by atoms with Crippen LogP contribution in [0, 0.1) is 24.5 Å². The van der Waals surface area contributed by atoms with Gasteiger partial charge < -0.3 is 9.80 Å². The molecule has 1 atom stereocenters. The Morgan fingerprint density at radius 3 is 2.09 bits per heavy atom. The van der Waals surface area contributed by atoms with Gasteiger partial charge in [0.25, 0.3) is 5.91 Å². The van der Waals surface area contributed by atoms with E-state index in [-0.39, 0.29) is 48.5 Å². The van der Waals surface area contributed by atoms with Gasteiger partial charge in [0, 0.05) is 31.7 Å². The van der Waals surface area contributed by atoms with Crippen LogP contribution in [0.3, 0.4) is 0 Å². The fraction of sp³-hybridized carbons (Fsp3) is 0.417. The Kier molecular flexibility index (Phi) is 8.04. The number of sulfonamides is 1. The average molecular weight is 494 g/mol. The molecule has 1 unspecified atom stereocenters.